The van der Waals surface area contributed by atoms with Crippen LogP contribution in [0.25, 0.3) is 10.8 Å². The van der Waals surface area contributed by atoms with E-state index >= 15 is 0 Å². The van der Waals surface area contributed by atoms with E-state index in [1.807, 2.05) is 19.1 Å². The number of rotatable bonds is 4. The van der Waals surface area contributed by atoms with Crippen molar-refractivity contribution in [3.63, 3.8) is 0 Å². The number of benzene rings is 2. The largest absolute Gasteiger partial charge is 0.440 e. The Bertz CT molecular complexity index is 718. The van der Waals surface area contributed by atoms with E-state index < -0.39 is 0 Å². The molecule has 2 aromatic carbocycles. The highest BCUT2D eigenvalue weighted by atomic mass is 32.2. The molecule has 0 bridgehead atoms. The van der Waals surface area contributed by atoms with Crippen LogP contribution in [0.3, 0.4) is 0 Å². The molecule has 3 rings (SSSR count). The Hall–Kier alpha value is -1.78. The van der Waals surface area contributed by atoms with Crippen molar-refractivity contribution in [3.05, 3.63) is 60.0 Å². The van der Waals surface area contributed by atoms with Crippen LogP contribution in [0.4, 0.5) is 0 Å². The maximum absolute atomic E-state index is 6.33. The summed E-state index contributed by atoms with van der Waals surface area (Å²) < 4.78 is 5.33. The normalized spacial score (nSPS) is 12.7. The number of oxazole rings is 1. The summed E-state index contributed by atoms with van der Waals surface area (Å²) >= 11 is 1.55. The molecule has 0 saturated carbocycles. The number of aryl methyl sites for hydroxylation is 1. The maximum atomic E-state index is 6.33. The molecule has 102 valence electrons. The van der Waals surface area contributed by atoms with Crippen LogP contribution in [0.5, 0.6) is 0 Å². The molecule has 0 aliphatic carbocycles. The topological polar surface area (TPSA) is 52.0 Å². The molecule has 0 radical (unpaired) electrons. The first-order valence-electron chi connectivity index (χ1n) is 6.52. The number of thioether (sulfide) groups is 1. The molecule has 3 nitrogen and oxygen atoms in total. The lowest BCUT2D eigenvalue weighted by Gasteiger charge is -2.13. The van der Waals surface area contributed by atoms with Gasteiger partial charge in [-0.25, -0.2) is 4.98 Å². The lowest BCUT2D eigenvalue weighted by atomic mass is 10.0. The molecule has 0 aliphatic rings. The molecule has 1 heterocycles. The van der Waals surface area contributed by atoms with Crippen molar-refractivity contribution in [2.75, 3.05) is 5.75 Å². The predicted octanol–water partition coefficient (Wildman–Crippen LogP) is 3.93. The molecule has 0 aliphatic heterocycles. The minimum absolute atomic E-state index is 0.0432. The summed E-state index contributed by atoms with van der Waals surface area (Å²) in [5.74, 6) is 0.744. The summed E-state index contributed by atoms with van der Waals surface area (Å²) in [5.41, 5.74) is 8.39. The summed E-state index contributed by atoms with van der Waals surface area (Å²) in [7, 11) is 0. The fourth-order valence-electron chi connectivity index (χ4n) is 2.22. The van der Waals surface area contributed by atoms with Gasteiger partial charge in [-0.05, 0) is 23.3 Å². The van der Waals surface area contributed by atoms with Gasteiger partial charge in [-0.2, -0.15) is 0 Å². The van der Waals surface area contributed by atoms with Crippen molar-refractivity contribution in [2.24, 2.45) is 5.73 Å². The Kier molecular flexibility index (Phi) is 3.76. The van der Waals surface area contributed by atoms with Crippen molar-refractivity contribution >= 4 is 22.5 Å². The number of nitrogens with zero attached hydrogens (tertiary/aromatic N) is 1. The second-order valence-corrected chi connectivity index (χ2v) is 5.71. The molecule has 0 saturated heterocycles. The van der Waals surface area contributed by atoms with Gasteiger partial charge < -0.3 is 10.2 Å². The number of hydrogen-bond acceptors (Lipinski definition) is 4. The van der Waals surface area contributed by atoms with E-state index in [1.54, 1.807) is 18.0 Å². The van der Waals surface area contributed by atoms with Crippen molar-refractivity contribution < 1.29 is 4.42 Å². The van der Waals surface area contributed by atoms with E-state index in [4.69, 9.17) is 10.2 Å². The van der Waals surface area contributed by atoms with Crippen molar-refractivity contribution in [3.8, 4) is 0 Å². The van der Waals surface area contributed by atoms with Gasteiger partial charge in [-0.3, -0.25) is 0 Å². The lowest BCUT2D eigenvalue weighted by molar-refractivity contribution is 0.453. The SMILES string of the molecule is Cc1coc(SCC(N)c2cccc3ccccc23)n1. The summed E-state index contributed by atoms with van der Waals surface area (Å²) in [5, 5.41) is 3.11. The number of hydrogen-bond donors (Lipinski definition) is 1. The van der Waals surface area contributed by atoms with Crippen LogP contribution in [0, 0.1) is 6.92 Å². The molecular formula is C16H16N2OS. The van der Waals surface area contributed by atoms with Crippen LogP contribution in [-0.4, -0.2) is 10.7 Å². The molecule has 20 heavy (non-hydrogen) atoms. The summed E-state index contributed by atoms with van der Waals surface area (Å²) in [6.45, 7) is 1.91. The van der Waals surface area contributed by atoms with Gasteiger partial charge in [0.05, 0.1) is 5.69 Å². The summed E-state index contributed by atoms with van der Waals surface area (Å²) in [6, 6.07) is 14.5. The van der Waals surface area contributed by atoms with Crippen molar-refractivity contribution in [1.29, 1.82) is 0 Å². The fourth-order valence-corrected chi connectivity index (χ4v) is 3.05. The van der Waals surface area contributed by atoms with Crippen LogP contribution in [0.15, 0.2) is 58.4 Å². The zero-order valence-electron chi connectivity index (χ0n) is 11.2. The first kappa shape index (κ1) is 13.2. The number of aromatic nitrogens is 1. The fraction of sp³-hybridized carbons (Fsp3) is 0.188. The monoisotopic (exact) mass is 284 g/mol. The zero-order valence-corrected chi connectivity index (χ0v) is 12.1. The Morgan fingerprint density at radius 2 is 2.00 bits per heavy atom. The Balaban J connectivity index is 1.80. The number of fused-ring (bicyclic) bond motifs is 1. The van der Waals surface area contributed by atoms with Crippen LogP contribution in [-0.2, 0) is 0 Å². The molecule has 1 aromatic heterocycles. The predicted molar refractivity (Wildman–Crippen MR) is 82.8 cm³/mol. The second kappa shape index (κ2) is 5.69. The summed E-state index contributed by atoms with van der Waals surface area (Å²) in [6.07, 6.45) is 1.66. The van der Waals surface area contributed by atoms with E-state index in [-0.39, 0.29) is 6.04 Å². The molecule has 0 fully saturated rings. The average Bonchev–Trinajstić information content (AvgIpc) is 2.90. The van der Waals surface area contributed by atoms with Gasteiger partial charge in [0.1, 0.15) is 6.26 Å². The first-order valence-corrected chi connectivity index (χ1v) is 7.51. The van der Waals surface area contributed by atoms with Crippen molar-refractivity contribution in [2.45, 2.75) is 18.2 Å². The van der Waals surface area contributed by atoms with Gasteiger partial charge >= 0.3 is 0 Å². The van der Waals surface area contributed by atoms with E-state index in [0.29, 0.717) is 5.22 Å². The van der Waals surface area contributed by atoms with Gasteiger partial charge in [-0.1, -0.05) is 54.2 Å². The van der Waals surface area contributed by atoms with Gasteiger partial charge in [0.2, 0.25) is 0 Å². The lowest BCUT2D eigenvalue weighted by Crippen LogP contribution is -2.13. The Labute approximate surface area is 122 Å². The van der Waals surface area contributed by atoms with Gasteiger partial charge in [0, 0.05) is 11.8 Å². The third-order valence-corrected chi connectivity index (χ3v) is 4.17. The van der Waals surface area contributed by atoms with Crippen LogP contribution in [0.2, 0.25) is 0 Å². The number of nitrogens with two attached hydrogens (primary N) is 1. The molecule has 1 atom stereocenters. The van der Waals surface area contributed by atoms with Gasteiger partial charge in [0.15, 0.2) is 0 Å². The third-order valence-electron chi connectivity index (χ3n) is 3.21. The van der Waals surface area contributed by atoms with Crippen LogP contribution in [0.1, 0.15) is 17.3 Å². The van der Waals surface area contributed by atoms with Crippen LogP contribution < -0.4 is 5.73 Å². The molecular weight excluding hydrogens is 268 g/mol. The van der Waals surface area contributed by atoms with Gasteiger partial charge in [0.25, 0.3) is 5.22 Å². The first-order chi connectivity index (χ1) is 9.74. The molecule has 2 N–H and O–H groups in total. The molecule has 0 amide bonds. The van der Waals surface area contributed by atoms with E-state index in [0.717, 1.165) is 11.4 Å². The Morgan fingerprint density at radius 3 is 2.80 bits per heavy atom. The second-order valence-electron chi connectivity index (χ2n) is 4.74. The highest BCUT2D eigenvalue weighted by Crippen LogP contribution is 2.27. The average molecular weight is 284 g/mol. The molecule has 3 aromatic rings. The minimum atomic E-state index is -0.0432. The quantitative estimate of drug-likeness (QED) is 0.738. The Morgan fingerprint density at radius 1 is 1.20 bits per heavy atom. The van der Waals surface area contributed by atoms with E-state index in [9.17, 15) is 0 Å². The molecule has 1 unspecified atom stereocenters. The minimum Gasteiger partial charge on any atom is -0.440 e. The van der Waals surface area contributed by atoms with E-state index in [2.05, 4.69) is 35.3 Å². The highest BCUT2D eigenvalue weighted by molar-refractivity contribution is 7.99. The molecule has 0 spiro atoms. The zero-order chi connectivity index (χ0) is 13.9. The molecule has 4 heteroatoms. The highest BCUT2D eigenvalue weighted by Gasteiger charge is 2.12. The smallest absolute Gasteiger partial charge is 0.255 e. The van der Waals surface area contributed by atoms with Gasteiger partial charge in [-0.15, -0.1) is 0 Å². The van der Waals surface area contributed by atoms with Crippen molar-refractivity contribution in [1.82, 2.24) is 4.98 Å². The summed E-state index contributed by atoms with van der Waals surface area (Å²) in [4.78, 5) is 4.28. The van der Waals surface area contributed by atoms with E-state index in [1.165, 1.54) is 16.3 Å². The third kappa shape index (κ3) is 2.71. The van der Waals surface area contributed by atoms with Crippen LogP contribution >= 0.6 is 11.8 Å². The standard InChI is InChI=1S/C16H16N2OS/c1-11-9-19-16(18-11)20-10-15(17)14-8-4-6-12-5-2-3-7-13(12)14/h2-9,15H,10,17H2,1H3. The maximum Gasteiger partial charge on any atom is 0.255 e.